The normalized spacial score (nSPS) is 17.9. The van der Waals surface area contributed by atoms with Crippen molar-refractivity contribution < 1.29 is 0 Å². The van der Waals surface area contributed by atoms with Crippen molar-refractivity contribution in [1.29, 1.82) is 0 Å². The van der Waals surface area contributed by atoms with Crippen LogP contribution in [0.4, 0.5) is 5.82 Å². The molecular formula is C10H14ClN3. The van der Waals surface area contributed by atoms with Crippen molar-refractivity contribution >= 4 is 17.4 Å². The Morgan fingerprint density at radius 1 is 1.00 bits per heavy atom. The van der Waals surface area contributed by atoms with Gasteiger partial charge in [-0.2, -0.15) is 0 Å². The molecule has 1 fully saturated rings. The highest BCUT2D eigenvalue weighted by Crippen LogP contribution is 2.22. The van der Waals surface area contributed by atoms with E-state index < -0.39 is 0 Å². The van der Waals surface area contributed by atoms with Gasteiger partial charge in [0, 0.05) is 25.5 Å². The minimum Gasteiger partial charge on any atom is -0.354 e. The summed E-state index contributed by atoms with van der Waals surface area (Å²) in [4.78, 5) is 10.6. The summed E-state index contributed by atoms with van der Waals surface area (Å²) < 4.78 is 0. The Kier molecular flexibility index (Phi) is 3.19. The van der Waals surface area contributed by atoms with Crippen LogP contribution in [0.1, 0.15) is 25.7 Å². The Morgan fingerprint density at radius 3 is 2.29 bits per heavy atom. The third-order valence-corrected chi connectivity index (χ3v) is 2.81. The van der Waals surface area contributed by atoms with E-state index in [9.17, 15) is 0 Å². The highest BCUT2D eigenvalue weighted by molar-refractivity contribution is 6.31. The number of hydrogen-bond acceptors (Lipinski definition) is 3. The van der Waals surface area contributed by atoms with Gasteiger partial charge in [-0.1, -0.05) is 24.4 Å². The van der Waals surface area contributed by atoms with Crippen LogP contribution in [0.25, 0.3) is 0 Å². The lowest BCUT2D eigenvalue weighted by atomic mass is 10.2. The van der Waals surface area contributed by atoms with Gasteiger partial charge in [0.15, 0.2) is 11.0 Å². The van der Waals surface area contributed by atoms with E-state index in [1.807, 2.05) is 0 Å². The van der Waals surface area contributed by atoms with Crippen molar-refractivity contribution in [3.8, 4) is 0 Å². The van der Waals surface area contributed by atoms with Gasteiger partial charge in [0.1, 0.15) is 0 Å². The van der Waals surface area contributed by atoms with Gasteiger partial charge in [-0.25, -0.2) is 9.97 Å². The molecule has 4 heteroatoms. The number of nitrogens with zero attached hydrogens (tertiary/aromatic N) is 3. The minimum atomic E-state index is 0.523. The fourth-order valence-electron chi connectivity index (χ4n) is 1.81. The van der Waals surface area contributed by atoms with Crippen molar-refractivity contribution in [3.05, 3.63) is 17.5 Å². The summed E-state index contributed by atoms with van der Waals surface area (Å²) in [6, 6.07) is 0. The Bertz CT molecular complexity index is 295. The molecular weight excluding hydrogens is 198 g/mol. The molecule has 1 saturated heterocycles. The second-order valence-corrected chi connectivity index (χ2v) is 3.93. The fraction of sp³-hybridized carbons (Fsp3) is 0.600. The molecule has 1 aliphatic rings. The van der Waals surface area contributed by atoms with Crippen molar-refractivity contribution in [2.75, 3.05) is 18.0 Å². The SMILES string of the molecule is Clc1nccnc1N1CCCCCC1. The lowest BCUT2D eigenvalue weighted by Gasteiger charge is -2.21. The van der Waals surface area contributed by atoms with E-state index in [4.69, 9.17) is 11.6 Å². The molecule has 0 atom stereocenters. The molecule has 0 saturated carbocycles. The highest BCUT2D eigenvalue weighted by atomic mass is 35.5. The maximum absolute atomic E-state index is 6.00. The van der Waals surface area contributed by atoms with Gasteiger partial charge >= 0.3 is 0 Å². The molecule has 1 aromatic rings. The second kappa shape index (κ2) is 4.60. The number of halogens is 1. The first-order valence-electron chi connectivity index (χ1n) is 5.09. The number of hydrogen-bond donors (Lipinski definition) is 0. The van der Waals surface area contributed by atoms with Gasteiger partial charge in [-0.3, -0.25) is 0 Å². The van der Waals surface area contributed by atoms with Crippen LogP contribution in [0.15, 0.2) is 12.4 Å². The third-order valence-electron chi connectivity index (χ3n) is 2.54. The van der Waals surface area contributed by atoms with Crippen LogP contribution in [0.3, 0.4) is 0 Å². The Balaban J connectivity index is 2.16. The van der Waals surface area contributed by atoms with Gasteiger partial charge < -0.3 is 4.90 Å². The molecule has 0 aliphatic carbocycles. The van der Waals surface area contributed by atoms with Gasteiger partial charge in [0.2, 0.25) is 0 Å². The first kappa shape index (κ1) is 9.71. The summed E-state index contributed by atoms with van der Waals surface area (Å²) in [6.07, 6.45) is 8.42. The van der Waals surface area contributed by atoms with Crippen LogP contribution in [-0.4, -0.2) is 23.1 Å². The zero-order chi connectivity index (χ0) is 9.80. The molecule has 0 bridgehead atoms. The zero-order valence-electron chi connectivity index (χ0n) is 8.12. The number of anilines is 1. The summed E-state index contributed by atoms with van der Waals surface area (Å²) in [5.74, 6) is 0.844. The Hall–Kier alpha value is -0.830. The van der Waals surface area contributed by atoms with Gasteiger partial charge in [0.25, 0.3) is 0 Å². The summed E-state index contributed by atoms with van der Waals surface area (Å²) in [5, 5.41) is 0.523. The third kappa shape index (κ3) is 2.15. The zero-order valence-corrected chi connectivity index (χ0v) is 8.87. The van der Waals surface area contributed by atoms with Crippen LogP contribution < -0.4 is 4.90 Å². The largest absolute Gasteiger partial charge is 0.354 e. The summed E-state index contributed by atoms with van der Waals surface area (Å²) >= 11 is 6.00. The molecule has 0 radical (unpaired) electrons. The molecule has 1 aromatic heterocycles. The summed E-state index contributed by atoms with van der Waals surface area (Å²) in [7, 11) is 0. The van der Waals surface area contributed by atoms with E-state index in [0.717, 1.165) is 18.9 Å². The van der Waals surface area contributed by atoms with Crippen LogP contribution in [0.5, 0.6) is 0 Å². The average molecular weight is 212 g/mol. The fourth-order valence-corrected chi connectivity index (χ4v) is 2.03. The smallest absolute Gasteiger partial charge is 0.171 e. The first-order chi connectivity index (χ1) is 6.88. The topological polar surface area (TPSA) is 29.0 Å². The second-order valence-electron chi connectivity index (χ2n) is 3.57. The lowest BCUT2D eigenvalue weighted by Crippen LogP contribution is -2.25. The molecule has 14 heavy (non-hydrogen) atoms. The molecule has 3 nitrogen and oxygen atoms in total. The van der Waals surface area contributed by atoms with E-state index >= 15 is 0 Å². The molecule has 1 aliphatic heterocycles. The Labute approximate surface area is 89.1 Å². The van der Waals surface area contributed by atoms with E-state index in [2.05, 4.69) is 14.9 Å². The molecule has 0 aromatic carbocycles. The van der Waals surface area contributed by atoms with Gasteiger partial charge in [-0.05, 0) is 12.8 Å². The number of aromatic nitrogens is 2. The predicted molar refractivity (Wildman–Crippen MR) is 57.7 cm³/mol. The van der Waals surface area contributed by atoms with Crippen molar-refractivity contribution in [1.82, 2.24) is 9.97 Å². The van der Waals surface area contributed by atoms with Crippen molar-refractivity contribution in [2.45, 2.75) is 25.7 Å². The summed E-state index contributed by atoms with van der Waals surface area (Å²) in [6.45, 7) is 2.11. The molecule has 2 rings (SSSR count). The van der Waals surface area contributed by atoms with Gasteiger partial charge in [-0.15, -0.1) is 0 Å². The van der Waals surface area contributed by atoms with Crippen LogP contribution in [0, 0.1) is 0 Å². The maximum Gasteiger partial charge on any atom is 0.171 e. The minimum absolute atomic E-state index is 0.523. The lowest BCUT2D eigenvalue weighted by molar-refractivity contribution is 0.726. The average Bonchev–Trinajstić information content (AvgIpc) is 2.47. The highest BCUT2D eigenvalue weighted by Gasteiger charge is 2.13. The maximum atomic E-state index is 6.00. The van der Waals surface area contributed by atoms with Crippen LogP contribution >= 0.6 is 11.6 Å². The Morgan fingerprint density at radius 2 is 1.64 bits per heavy atom. The quantitative estimate of drug-likeness (QED) is 0.715. The van der Waals surface area contributed by atoms with Gasteiger partial charge in [0.05, 0.1) is 0 Å². The molecule has 0 amide bonds. The molecule has 0 unspecified atom stereocenters. The molecule has 2 heterocycles. The van der Waals surface area contributed by atoms with E-state index in [-0.39, 0.29) is 0 Å². The molecule has 0 spiro atoms. The van der Waals surface area contributed by atoms with Crippen molar-refractivity contribution in [3.63, 3.8) is 0 Å². The first-order valence-corrected chi connectivity index (χ1v) is 5.47. The van der Waals surface area contributed by atoms with E-state index in [1.165, 1.54) is 25.7 Å². The van der Waals surface area contributed by atoms with E-state index in [1.54, 1.807) is 12.4 Å². The monoisotopic (exact) mass is 211 g/mol. The van der Waals surface area contributed by atoms with Crippen LogP contribution in [-0.2, 0) is 0 Å². The molecule has 76 valence electrons. The van der Waals surface area contributed by atoms with E-state index in [0.29, 0.717) is 5.15 Å². The predicted octanol–water partition coefficient (Wildman–Crippen LogP) is 2.51. The van der Waals surface area contributed by atoms with Crippen LogP contribution in [0.2, 0.25) is 5.15 Å². The van der Waals surface area contributed by atoms with Crippen molar-refractivity contribution in [2.24, 2.45) is 0 Å². The summed E-state index contributed by atoms with van der Waals surface area (Å²) in [5.41, 5.74) is 0. The standard InChI is InChI=1S/C10H14ClN3/c11-9-10(13-6-5-12-9)14-7-3-1-2-4-8-14/h5-6H,1-4,7-8H2. The molecule has 0 N–H and O–H groups in total. The number of rotatable bonds is 1.